The van der Waals surface area contributed by atoms with Crippen LogP contribution in [0, 0.1) is 11.8 Å². The molecule has 1 aliphatic carbocycles. The van der Waals surface area contributed by atoms with E-state index in [4.69, 9.17) is 9.47 Å². The van der Waals surface area contributed by atoms with E-state index in [2.05, 4.69) is 17.6 Å². The van der Waals surface area contributed by atoms with Crippen LogP contribution in [0.5, 0.6) is 11.5 Å². The van der Waals surface area contributed by atoms with Crippen LogP contribution in [0.3, 0.4) is 0 Å². The molecule has 1 aliphatic heterocycles. The van der Waals surface area contributed by atoms with Crippen molar-refractivity contribution in [2.75, 3.05) is 20.2 Å². The van der Waals surface area contributed by atoms with Crippen LogP contribution in [0.1, 0.15) is 57.4 Å². The first-order valence-electron chi connectivity index (χ1n) is 10.5. The maximum Gasteiger partial charge on any atom is 0.220 e. The van der Waals surface area contributed by atoms with E-state index in [-0.39, 0.29) is 24.4 Å². The molecule has 1 atom stereocenters. The number of nitrogens with one attached hydrogen (secondary N) is 2. The number of piperidine rings is 1. The molecule has 1 unspecified atom stereocenters. The molecule has 2 aliphatic rings. The second kappa shape index (κ2) is 11.5. The number of halogens is 1. The molecule has 0 bridgehead atoms. The predicted molar refractivity (Wildman–Crippen MR) is 114 cm³/mol. The molecule has 1 aromatic carbocycles. The molecule has 1 amide bonds. The van der Waals surface area contributed by atoms with Crippen molar-refractivity contribution < 1.29 is 14.3 Å². The van der Waals surface area contributed by atoms with E-state index in [1.54, 1.807) is 7.11 Å². The molecule has 1 heterocycles. The minimum Gasteiger partial charge on any atom is -0.493 e. The van der Waals surface area contributed by atoms with E-state index >= 15 is 0 Å². The van der Waals surface area contributed by atoms with Crippen molar-refractivity contribution in [1.29, 1.82) is 0 Å². The maximum atomic E-state index is 12.4. The van der Waals surface area contributed by atoms with Crippen molar-refractivity contribution in [3.63, 3.8) is 0 Å². The van der Waals surface area contributed by atoms with Crippen LogP contribution >= 0.6 is 12.4 Å². The minimum absolute atomic E-state index is 0. The van der Waals surface area contributed by atoms with Crippen LogP contribution in [0.4, 0.5) is 0 Å². The van der Waals surface area contributed by atoms with Gasteiger partial charge in [0.15, 0.2) is 11.5 Å². The molecule has 0 radical (unpaired) electrons. The SMILES string of the molecule is COc1ccc(CNC(=O)CC(C)C2CCNCC2)cc1OC1CCCC1.Cl. The molecule has 3 rings (SSSR count). The lowest BCUT2D eigenvalue weighted by molar-refractivity contribution is -0.122. The summed E-state index contributed by atoms with van der Waals surface area (Å²) in [6.45, 7) is 4.89. The number of rotatable bonds is 8. The summed E-state index contributed by atoms with van der Waals surface area (Å²) >= 11 is 0. The summed E-state index contributed by atoms with van der Waals surface area (Å²) in [6.07, 6.45) is 7.93. The first kappa shape index (κ1) is 22.8. The largest absolute Gasteiger partial charge is 0.493 e. The quantitative estimate of drug-likeness (QED) is 0.677. The fourth-order valence-corrected chi connectivity index (χ4v) is 4.25. The number of benzene rings is 1. The van der Waals surface area contributed by atoms with Crippen LogP contribution < -0.4 is 20.1 Å². The number of hydrogen-bond donors (Lipinski definition) is 2. The molecule has 6 heteroatoms. The number of carbonyl (C=O) groups is 1. The average Bonchev–Trinajstić information content (AvgIpc) is 3.20. The Bertz CT molecular complexity index is 614. The summed E-state index contributed by atoms with van der Waals surface area (Å²) in [7, 11) is 1.67. The molecule has 28 heavy (non-hydrogen) atoms. The summed E-state index contributed by atoms with van der Waals surface area (Å²) in [5.74, 6) is 2.78. The van der Waals surface area contributed by atoms with Gasteiger partial charge in [-0.3, -0.25) is 4.79 Å². The zero-order chi connectivity index (χ0) is 19.1. The zero-order valence-electron chi connectivity index (χ0n) is 17.2. The van der Waals surface area contributed by atoms with Crippen LogP contribution in [0.15, 0.2) is 18.2 Å². The van der Waals surface area contributed by atoms with E-state index < -0.39 is 0 Å². The zero-order valence-corrected chi connectivity index (χ0v) is 18.0. The molecule has 1 saturated carbocycles. The summed E-state index contributed by atoms with van der Waals surface area (Å²) in [5.41, 5.74) is 1.05. The summed E-state index contributed by atoms with van der Waals surface area (Å²) < 4.78 is 11.6. The lowest BCUT2D eigenvalue weighted by Gasteiger charge is -2.27. The predicted octanol–water partition coefficient (Wildman–Crippen LogP) is 4.08. The first-order chi connectivity index (χ1) is 13.2. The van der Waals surface area contributed by atoms with Crippen LogP contribution in [-0.2, 0) is 11.3 Å². The molecule has 0 spiro atoms. The monoisotopic (exact) mass is 410 g/mol. The highest BCUT2D eigenvalue weighted by Gasteiger charge is 2.22. The van der Waals surface area contributed by atoms with Gasteiger partial charge < -0.3 is 20.1 Å². The molecule has 1 aromatic rings. The van der Waals surface area contributed by atoms with Crippen LogP contribution in [0.25, 0.3) is 0 Å². The van der Waals surface area contributed by atoms with Gasteiger partial charge in [0.2, 0.25) is 5.91 Å². The molecule has 0 aromatic heterocycles. The highest BCUT2D eigenvalue weighted by atomic mass is 35.5. The second-order valence-corrected chi connectivity index (χ2v) is 8.06. The Kier molecular flexibility index (Phi) is 9.39. The summed E-state index contributed by atoms with van der Waals surface area (Å²) in [5, 5.41) is 6.46. The topological polar surface area (TPSA) is 59.6 Å². The van der Waals surface area contributed by atoms with Crippen molar-refractivity contribution in [2.24, 2.45) is 11.8 Å². The summed E-state index contributed by atoms with van der Waals surface area (Å²) in [6, 6.07) is 5.94. The lowest BCUT2D eigenvalue weighted by Crippen LogP contribution is -2.33. The van der Waals surface area contributed by atoms with Gasteiger partial charge in [-0.1, -0.05) is 13.0 Å². The number of carbonyl (C=O) groups excluding carboxylic acids is 1. The number of ether oxygens (including phenoxy) is 2. The second-order valence-electron chi connectivity index (χ2n) is 8.06. The van der Waals surface area contributed by atoms with Gasteiger partial charge in [0, 0.05) is 13.0 Å². The van der Waals surface area contributed by atoms with Gasteiger partial charge in [-0.2, -0.15) is 0 Å². The fraction of sp³-hybridized carbons (Fsp3) is 0.682. The van der Waals surface area contributed by atoms with Gasteiger partial charge in [0.1, 0.15) is 0 Å². The van der Waals surface area contributed by atoms with E-state index in [1.165, 1.54) is 25.7 Å². The molecule has 5 nitrogen and oxygen atoms in total. The number of methoxy groups -OCH3 is 1. The van der Waals surface area contributed by atoms with E-state index in [1.807, 2.05) is 18.2 Å². The van der Waals surface area contributed by atoms with Gasteiger partial charge in [0.05, 0.1) is 13.2 Å². The molecular formula is C22H35ClN2O3. The Morgan fingerprint density at radius 3 is 2.57 bits per heavy atom. The van der Waals surface area contributed by atoms with E-state index in [0.29, 0.717) is 24.8 Å². The smallest absolute Gasteiger partial charge is 0.220 e. The van der Waals surface area contributed by atoms with Gasteiger partial charge in [-0.25, -0.2) is 0 Å². The van der Waals surface area contributed by atoms with Crippen LogP contribution in [-0.4, -0.2) is 32.2 Å². The molecule has 1 saturated heterocycles. The third-order valence-electron chi connectivity index (χ3n) is 6.01. The minimum atomic E-state index is 0. The number of hydrogen-bond acceptors (Lipinski definition) is 4. The Hall–Kier alpha value is -1.46. The molecule has 2 N–H and O–H groups in total. The highest BCUT2D eigenvalue weighted by molar-refractivity contribution is 5.85. The molecule has 2 fully saturated rings. The van der Waals surface area contributed by atoms with Gasteiger partial charge in [0.25, 0.3) is 0 Å². The van der Waals surface area contributed by atoms with Crippen molar-refractivity contribution in [1.82, 2.24) is 10.6 Å². The maximum absolute atomic E-state index is 12.4. The van der Waals surface area contributed by atoms with Crippen molar-refractivity contribution in [3.8, 4) is 11.5 Å². The Labute approximate surface area is 175 Å². The third kappa shape index (κ3) is 6.56. The van der Waals surface area contributed by atoms with Crippen molar-refractivity contribution in [3.05, 3.63) is 23.8 Å². The highest BCUT2D eigenvalue weighted by Crippen LogP contribution is 2.32. The summed E-state index contributed by atoms with van der Waals surface area (Å²) in [4.78, 5) is 12.4. The Morgan fingerprint density at radius 1 is 1.18 bits per heavy atom. The molecular weight excluding hydrogens is 376 g/mol. The Morgan fingerprint density at radius 2 is 1.89 bits per heavy atom. The number of amides is 1. The third-order valence-corrected chi connectivity index (χ3v) is 6.01. The standard InChI is InChI=1S/C22H34N2O3.ClH/c1-16(18-9-11-23-12-10-18)13-22(25)24-15-17-7-8-20(26-2)21(14-17)27-19-5-3-4-6-19;/h7-8,14,16,18-19,23H,3-6,9-13,15H2,1-2H3,(H,24,25);1H. The first-order valence-corrected chi connectivity index (χ1v) is 10.5. The van der Waals surface area contributed by atoms with Crippen molar-refractivity contribution in [2.45, 2.75) is 64.5 Å². The normalized spacial score (nSPS) is 18.9. The van der Waals surface area contributed by atoms with Crippen LogP contribution in [0.2, 0.25) is 0 Å². The fourth-order valence-electron chi connectivity index (χ4n) is 4.25. The van der Waals surface area contributed by atoms with Crippen molar-refractivity contribution >= 4 is 18.3 Å². The van der Waals surface area contributed by atoms with Gasteiger partial charge >= 0.3 is 0 Å². The van der Waals surface area contributed by atoms with E-state index in [0.717, 1.165) is 43.0 Å². The Balaban J connectivity index is 0.00000280. The average molecular weight is 411 g/mol. The lowest BCUT2D eigenvalue weighted by atomic mass is 9.84. The van der Waals surface area contributed by atoms with E-state index in [9.17, 15) is 4.79 Å². The van der Waals surface area contributed by atoms with Gasteiger partial charge in [-0.05, 0) is 81.1 Å². The molecule has 158 valence electrons. The van der Waals surface area contributed by atoms with Gasteiger partial charge in [-0.15, -0.1) is 12.4 Å².